The van der Waals surface area contributed by atoms with Crippen molar-refractivity contribution in [1.82, 2.24) is 5.32 Å². The topological polar surface area (TPSA) is 45.4 Å². The van der Waals surface area contributed by atoms with E-state index >= 15 is 0 Å². The Kier molecular flexibility index (Phi) is 5.31. The smallest absolute Gasteiger partial charge is 0.134 e. The number of nitrogens with one attached hydrogen (secondary N) is 1. The fraction of sp³-hybridized carbons (Fsp3) is 0.467. The summed E-state index contributed by atoms with van der Waals surface area (Å²) in [6.45, 7) is 2.31. The molecule has 2 atom stereocenters. The zero-order chi connectivity index (χ0) is 13.7. The lowest BCUT2D eigenvalue weighted by molar-refractivity contribution is 0.263. The summed E-state index contributed by atoms with van der Waals surface area (Å²) < 4.78 is 5.86. The maximum absolute atomic E-state index is 9.09. The quantitative estimate of drug-likeness (QED) is 0.817. The molecule has 0 bridgehead atoms. The molecule has 4 heteroatoms. The van der Waals surface area contributed by atoms with E-state index in [1.54, 1.807) is 11.8 Å². The van der Waals surface area contributed by atoms with Crippen molar-refractivity contribution >= 4 is 22.7 Å². The normalized spacial score (nSPS) is 14.7. The predicted molar refractivity (Wildman–Crippen MR) is 81.6 cm³/mol. The van der Waals surface area contributed by atoms with E-state index in [0.29, 0.717) is 6.04 Å². The molecular weight excluding hydrogens is 258 g/mol. The van der Waals surface area contributed by atoms with Gasteiger partial charge in [0.25, 0.3) is 0 Å². The van der Waals surface area contributed by atoms with Crippen molar-refractivity contribution in [2.24, 2.45) is 0 Å². The number of para-hydroxylation sites is 1. The Bertz CT molecular complexity index is 473. The third-order valence-electron chi connectivity index (χ3n) is 3.20. The van der Waals surface area contributed by atoms with E-state index < -0.39 is 0 Å². The first-order valence-corrected chi connectivity index (χ1v) is 7.98. The lowest BCUT2D eigenvalue weighted by Crippen LogP contribution is -2.34. The summed E-state index contributed by atoms with van der Waals surface area (Å²) in [5, 5.41) is 13.7. The molecule has 0 saturated heterocycles. The van der Waals surface area contributed by atoms with Crippen LogP contribution >= 0.6 is 11.8 Å². The first kappa shape index (κ1) is 14.4. The molecule has 0 unspecified atom stereocenters. The summed E-state index contributed by atoms with van der Waals surface area (Å²) in [5.41, 5.74) is 0.926. The second-order valence-corrected chi connectivity index (χ2v) is 5.65. The molecule has 2 N–H and O–H groups in total. The first-order chi connectivity index (χ1) is 9.24. The number of hydrogen-bond acceptors (Lipinski definition) is 4. The van der Waals surface area contributed by atoms with Crippen molar-refractivity contribution in [3.8, 4) is 0 Å². The van der Waals surface area contributed by atoms with Gasteiger partial charge in [-0.3, -0.25) is 0 Å². The van der Waals surface area contributed by atoms with Gasteiger partial charge in [0.1, 0.15) is 11.3 Å². The van der Waals surface area contributed by atoms with E-state index in [2.05, 4.69) is 30.6 Å². The van der Waals surface area contributed by atoms with E-state index in [1.165, 1.54) is 0 Å². The Labute approximate surface area is 118 Å². The van der Waals surface area contributed by atoms with E-state index in [9.17, 15) is 0 Å². The van der Waals surface area contributed by atoms with Crippen LogP contribution in [0.1, 0.15) is 25.1 Å². The zero-order valence-electron chi connectivity index (χ0n) is 11.4. The van der Waals surface area contributed by atoms with Crippen LogP contribution < -0.4 is 5.32 Å². The maximum atomic E-state index is 9.09. The van der Waals surface area contributed by atoms with Crippen molar-refractivity contribution in [1.29, 1.82) is 0 Å². The third-order valence-corrected chi connectivity index (χ3v) is 3.94. The van der Waals surface area contributed by atoms with Crippen LogP contribution in [0.15, 0.2) is 34.7 Å². The van der Waals surface area contributed by atoms with Gasteiger partial charge in [-0.05, 0) is 31.7 Å². The lowest BCUT2D eigenvalue weighted by atomic mass is 10.1. The SMILES string of the molecule is CSC[C@@H](CCO)N[C@H](C)c1cc2ccccc2o1. The number of fused-ring (bicyclic) bond motifs is 1. The molecule has 0 spiro atoms. The molecular formula is C15H21NO2S. The third kappa shape index (κ3) is 3.75. The number of thioether (sulfide) groups is 1. The van der Waals surface area contributed by atoms with Gasteiger partial charge in [0.15, 0.2) is 0 Å². The van der Waals surface area contributed by atoms with E-state index in [4.69, 9.17) is 9.52 Å². The molecule has 1 aromatic carbocycles. The molecule has 1 heterocycles. The average molecular weight is 279 g/mol. The highest BCUT2D eigenvalue weighted by molar-refractivity contribution is 7.98. The molecule has 0 aliphatic heterocycles. The van der Waals surface area contributed by atoms with Gasteiger partial charge in [-0.15, -0.1) is 0 Å². The fourth-order valence-corrected chi connectivity index (χ4v) is 2.89. The summed E-state index contributed by atoms with van der Waals surface area (Å²) in [5.74, 6) is 1.94. The molecule has 3 nitrogen and oxygen atoms in total. The molecule has 0 saturated carbocycles. The second-order valence-electron chi connectivity index (χ2n) is 4.74. The zero-order valence-corrected chi connectivity index (χ0v) is 12.2. The molecule has 2 rings (SSSR count). The highest BCUT2D eigenvalue weighted by Gasteiger charge is 2.15. The Balaban J connectivity index is 2.07. The van der Waals surface area contributed by atoms with Gasteiger partial charge in [0.05, 0.1) is 6.04 Å². The van der Waals surface area contributed by atoms with E-state index in [-0.39, 0.29) is 12.6 Å². The van der Waals surface area contributed by atoms with Gasteiger partial charge < -0.3 is 14.8 Å². The molecule has 2 aromatic rings. The van der Waals surface area contributed by atoms with Gasteiger partial charge in [-0.2, -0.15) is 11.8 Å². The van der Waals surface area contributed by atoms with Crippen LogP contribution in [-0.4, -0.2) is 29.8 Å². The van der Waals surface area contributed by atoms with Crippen molar-refractivity contribution in [2.75, 3.05) is 18.6 Å². The Hall–Kier alpha value is -0.970. The van der Waals surface area contributed by atoms with Crippen LogP contribution in [0.3, 0.4) is 0 Å². The number of aliphatic hydroxyl groups excluding tert-OH is 1. The Morgan fingerprint density at radius 2 is 2.16 bits per heavy atom. The molecule has 0 aliphatic carbocycles. The second kappa shape index (κ2) is 6.98. The largest absolute Gasteiger partial charge is 0.459 e. The van der Waals surface area contributed by atoms with Gasteiger partial charge in [0, 0.05) is 23.8 Å². The number of rotatable bonds is 7. The van der Waals surface area contributed by atoms with Crippen molar-refractivity contribution in [2.45, 2.75) is 25.4 Å². The standard InChI is InChI=1S/C15H21NO2S/c1-11(16-13(7-8-17)10-19-2)15-9-12-5-3-4-6-14(12)18-15/h3-6,9,11,13,16-17H,7-8,10H2,1-2H3/t11-,13-/m1/s1. The average Bonchev–Trinajstić information content (AvgIpc) is 2.83. The predicted octanol–water partition coefficient (Wildman–Crippen LogP) is 3.20. The van der Waals surface area contributed by atoms with Crippen LogP contribution in [0.4, 0.5) is 0 Å². The maximum Gasteiger partial charge on any atom is 0.134 e. The van der Waals surface area contributed by atoms with Gasteiger partial charge in [-0.1, -0.05) is 18.2 Å². The first-order valence-electron chi connectivity index (χ1n) is 6.59. The van der Waals surface area contributed by atoms with Crippen LogP contribution in [0.25, 0.3) is 11.0 Å². The number of hydrogen-bond donors (Lipinski definition) is 2. The highest BCUT2D eigenvalue weighted by Crippen LogP contribution is 2.24. The fourth-order valence-electron chi connectivity index (χ4n) is 2.22. The molecule has 104 valence electrons. The summed E-state index contributed by atoms with van der Waals surface area (Å²) in [6.07, 6.45) is 2.85. The van der Waals surface area contributed by atoms with Gasteiger partial charge in [0.2, 0.25) is 0 Å². The molecule has 19 heavy (non-hydrogen) atoms. The van der Waals surface area contributed by atoms with Gasteiger partial charge >= 0.3 is 0 Å². The van der Waals surface area contributed by atoms with E-state index in [0.717, 1.165) is 28.9 Å². The monoisotopic (exact) mass is 279 g/mol. The van der Waals surface area contributed by atoms with E-state index in [1.807, 2.05) is 18.2 Å². The highest BCUT2D eigenvalue weighted by atomic mass is 32.2. The molecule has 0 aliphatic rings. The summed E-state index contributed by atoms with van der Waals surface area (Å²) in [7, 11) is 0. The minimum absolute atomic E-state index is 0.149. The minimum Gasteiger partial charge on any atom is -0.459 e. The summed E-state index contributed by atoms with van der Waals surface area (Å²) in [4.78, 5) is 0. The number of furan rings is 1. The Morgan fingerprint density at radius 3 is 2.84 bits per heavy atom. The van der Waals surface area contributed by atoms with Crippen molar-refractivity contribution < 1.29 is 9.52 Å². The van der Waals surface area contributed by atoms with Crippen LogP contribution in [0.5, 0.6) is 0 Å². The molecule has 1 aromatic heterocycles. The van der Waals surface area contributed by atoms with Gasteiger partial charge in [-0.25, -0.2) is 0 Å². The summed E-state index contributed by atoms with van der Waals surface area (Å²) >= 11 is 1.79. The van der Waals surface area contributed by atoms with Crippen LogP contribution in [0.2, 0.25) is 0 Å². The lowest BCUT2D eigenvalue weighted by Gasteiger charge is -2.20. The molecule has 0 amide bonds. The Morgan fingerprint density at radius 1 is 1.37 bits per heavy atom. The van der Waals surface area contributed by atoms with Crippen molar-refractivity contribution in [3.63, 3.8) is 0 Å². The van der Waals surface area contributed by atoms with Crippen molar-refractivity contribution in [3.05, 3.63) is 36.1 Å². The molecule has 0 fully saturated rings. The van der Waals surface area contributed by atoms with Crippen LogP contribution in [-0.2, 0) is 0 Å². The van der Waals surface area contributed by atoms with Crippen LogP contribution in [0, 0.1) is 0 Å². The summed E-state index contributed by atoms with van der Waals surface area (Å²) in [6, 6.07) is 10.6. The number of aliphatic hydroxyl groups is 1. The molecule has 0 radical (unpaired) electrons. The minimum atomic E-state index is 0.149. The number of benzene rings is 1.